The Kier molecular flexibility index (Phi) is 4.17. The van der Waals surface area contributed by atoms with Crippen LogP contribution in [-0.4, -0.2) is 28.5 Å². The van der Waals surface area contributed by atoms with Gasteiger partial charge in [-0.3, -0.25) is 4.79 Å². The first-order chi connectivity index (χ1) is 8.69. The molecule has 0 radical (unpaired) electrons. The first-order valence-corrected chi connectivity index (χ1v) is 6.04. The maximum atomic E-state index is 11.4. The molecule has 1 amide bonds. The molecule has 0 aliphatic carbocycles. The Labute approximate surface area is 110 Å². The van der Waals surface area contributed by atoms with Gasteiger partial charge in [-0.1, -0.05) is 11.6 Å². The highest BCUT2D eigenvalue weighted by molar-refractivity contribution is 6.30. The van der Waals surface area contributed by atoms with Crippen molar-refractivity contribution < 1.29 is 9.53 Å². The summed E-state index contributed by atoms with van der Waals surface area (Å²) in [7, 11) is 0. The van der Waals surface area contributed by atoms with Gasteiger partial charge in [0.2, 0.25) is 5.91 Å². The molecule has 0 fully saturated rings. The lowest BCUT2D eigenvalue weighted by atomic mass is 10.4. The molecule has 0 bridgehead atoms. The summed E-state index contributed by atoms with van der Waals surface area (Å²) in [5.74, 6) is -0.146. The number of halogens is 1. The second-order valence-electron chi connectivity index (χ2n) is 3.76. The zero-order valence-corrected chi connectivity index (χ0v) is 10.8. The maximum Gasteiger partial charge on any atom is 0.246 e. The van der Waals surface area contributed by atoms with E-state index in [1.807, 2.05) is 23.6 Å². The van der Waals surface area contributed by atoms with Crippen molar-refractivity contribution in [2.45, 2.75) is 13.5 Å². The molecule has 0 aromatic carbocycles. The van der Waals surface area contributed by atoms with Crippen molar-refractivity contribution in [1.82, 2.24) is 14.7 Å². The van der Waals surface area contributed by atoms with Crippen LogP contribution in [0.3, 0.4) is 0 Å². The lowest BCUT2D eigenvalue weighted by Gasteiger charge is -2.02. The molecule has 18 heavy (non-hydrogen) atoms. The molecule has 0 aliphatic rings. The van der Waals surface area contributed by atoms with Crippen LogP contribution >= 0.6 is 11.6 Å². The normalized spacial score (nSPS) is 10.8. The van der Waals surface area contributed by atoms with Gasteiger partial charge in [-0.15, -0.1) is 0 Å². The molecule has 0 saturated heterocycles. The van der Waals surface area contributed by atoms with Crippen molar-refractivity contribution in [3.63, 3.8) is 0 Å². The summed E-state index contributed by atoms with van der Waals surface area (Å²) in [6.45, 7) is 2.83. The highest BCUT2D eigenvalue weighted by Crippen LogP contribution is 2.11. The number of fused-ring (bicyclic) bond motifs is 1. The number of imidazole rings is 1. The zero-order chi connectivity index (χ0) is 13.0. The summed E-state index contributed by atoms with van der Waals surface area (Å²) in [6.07, 6.45) is 3.61. The fourth-order valence-electron chi connectivity index (χ4n) is 1.54. The van der Waals surface area contributed by atoms with E-state index in [-0.39, 0.29) is 12.5 Å². The van der Waals surface area contributed by atoms with Gasteiger partial charge >= 0.3 is 0 Å². The van der Waals surface area contributed by atoms with Crippen molar-refractivity contribution in [3.8, 4) is 0 Å². The number of hydrogen-bond acceptors (Lipinski definition) is 3. The quantitative estimate of drug-likeness (QED) is 0.896. The summed E-state index contributed by atoms with van der Waals surface area (Å²) in [6, 6.07) is 3.61. The zero-order valence-electron chi connectivity index (χ0n) is 10.0. The minimum Gasteiger partial charge on any atom is -0.372 e. The third-order valence-corrected chi connectivity index (χ3v) is 2.59. The molecule has 0 unspecified atom stereocenters. The lowest BCUT2D eigenvalue weighted by Crippen LogP contribution is -2.27. The number of nitrogens with zero attached hydrogens (tertiary/aromatic N) is 2. The fourth-order valence-corrected chi connectivity index (χ4v) is 1.71. The number of rotatable bonds is 5. The molecule has 2 heterocycles. The van der Waals surface area contributed by atoms with E-state index in [1.165, 1.54) is 0 Å². The van der Waals surface area contributed by atoms with Crippen molar-refractivity contribution in [3.05, 3.63) is 35.2 Å². The number of amides is 1. The predicted octanol–water partition coefficient (Wildman–Crippen LogP) is 1.64. The topological polar surface area (TPSA) is 55.6 Å². The number of carbonyl (C=O) groups is 1. The Morgan fingerprint density at radius 3 is 3.11 bits per heavy atom. The molecular formula is C12H14ClN3O2. The molecule has 6 heteroatoms. The number of nitrogens with one attached hydrogen (secondary N) is 1. The smallest absolute Gasteiger partial charge is 0.246 e. The van der Waals surface area contributed by atoms with Gasteiger partial charge in [-0.05, 0) is 19.1 Å². The van der Waals surface area contributed by atoms with E-state index in [0.717, 1.165) is 11.3 Å². The van der Waals surface area contributed by atoms with E-state index >= 15 is 0 Å². The van der Waals surface area contributed by atoms with Crippen LogP contribution in [0, 0.1) is 0 Å². The van der Waals surface area contributed by atoms with Gasteiger partial charge in [0.15, 0.2) is 0 Å². The van der Waals surface area contributed by atoms with Crippen molar-refractivity contribution in [1.29, 1.82) is 0 Å². The molecule has 2 aromatic heterocycles. The van der Waals surface area contributed by atoms with Crippen molar-refractivity contribution in [2.24, 2.45) is 0 Å². The molecule has 0 saturated carbocycles. The Morgan fingerprint density at radius 1 is 1.50 bits per heavy atom. The average molecular weight is 268 g/mol. The van der Waals surface area contributed by atoms with E-state index in [0.29, 0.717) is 18.2 Å². The number of ether oxygens (including phenoxy) is 1. The van der Waals surface area contributed by atoms with Gasteiger partial charge in [-0.25, -0.2) is 4.98 Å². The van der Waals surface area contributed by atoms with E-state index in [1.54, 1.807) is 12.3 Å². The molecule has 5 nitrogen and oxygen atoms in total. The van der Waals surface area contributed by atoms with Crippen LogP contribution < -0.4 is 5.32 Å². The van der Waals surface area contributed by atoms with Gasteiger partial charge in [0.1, 0.15) is 12.3 Å². The summed E-state index contributed by atoms with van der Waals surface area (Å²) >= 11 is 5.88. The second kappa shape index (κ2) is 5.84. The Bertz CT molecular complexity index is 553. The van der Waals surface area contributed by atoms with Crippen LogP contribution in [0.1, 0.15) is 12.6 Å². The first kappa shape index (κ1) is 12.9. The third-order valence-electron chi connectivity index (χ3n) is 2.37. The maximum absolute atomic E-state index is 11.4. The standard InChI is InChI=1S/C12H14ClN3O2/c1-2-18-8-12(17)14-5-10-7-16-6-9(13)3-4-11(16)15-10/h3-4,6-7H,2,5,8H2,1H3,(H,14,17). The van der Waals surface area contributed by atoms with Crippen LogP contribution in [-0.2, 0) is 16.1 Å². The largest absolute Gasteiger partial charge is 0.372 e. The van der Waals surface area contributed by atoms with Gasteiger partial charge in [0.25, 0.3) is 0 Å². The Balaban J connectivity index is 1.97. The van der Waals surface area contributed by atoms with Gasteiger partial charge in [0.05, 0.1) is 17.3 Å². The summed E-state index contributed by atoms with van der Waals surface area (Å²) < 4.78 is 6.83. The molecular weight excluding hydrogens is 254 g/mol. The molecule has 2 aromatic rings. The molecule has 0 atom stereocenters. The number of hydrogen-bond donors (Lipinski definition) is 1. The fraction of sp³-hybridized carbons (Fsp3) is 0.333. The molecule has 96 valence electrons. The highest BCUT2D eigenvalue weighted by Gasteiger charge is 2.04. The van der Waals surface area contributed by atoms with Crippen LogP contribution in [0.4, 0.5) is 0 Å². The number of pyridine rings is 1. The molecule has 2 rings (SSSR count). The summed E-state index contributed by atoms with van der Waals surface area (Å²) in [4.78, 5) is 15.7. The van der Waals surface area contributed by atoms with Crippen LogP contribution in [0.25, 0.3) is 5.65 Å². The van der Waals surface area contributed by atoms with E-state index in [9.17, 15) is 4.79 Å². The molecule has 0 spiro atoms. The third kappa shape index (κ3) is 3.21. The Hall–Kier alpha value is -1.59. The SMILES string of the molecule is CCOCC(=O)NCc1cn2cc(Cl)ccc2n1. The van der Waals surface area contributed by atoms with Crippen molar-refractivity contribution >= 4 is 23.2 Å². The minimum atomic E-state index is -0.146. The van der Waals surface area contributed by atoms with Gasteiger partial charge in [-0.2, -0.15) is 0 Å². The number of carbonyl (C=O) groups excluding carboxylic acids is 1. The average Bonchev–Trinajstić information content (AvgIpc) is 2.75. The van der Waals surface area contributed by atoms with Crippen LogP contribution in [0.5, 0.6) is 0 Å². The van der Waals surface area contributed by atoms with Gasteiger partial charge < -0.3 is 14.5 Å². The monoisotopic (exact) mass is 267 g/mol. The minimum absolute atomic E-state index is 0.0791. The van der Waals surface area contributed by atoms with E-state index in [4.69, 9.17) is 16.3 Å². The summed E-state index contributed by atoms with van der Waals surface area (Å²) in [5, 5.41) is 3.38. The Morgan fingerprint density at radius 2 is 2.33 bits per heavy atom. The second-order valence-corrected chi connectivity index (χ2v) is 4.20. The highest BCUT2D eigenvalue weighted by atomic mass is 35.5. The lowest BCUT2D eigenvalue weighted by molar-refractivity contribution is -0.125. The molecule has 1 N–H and O–H groups in total. The van der Waals surface area contributed by atoms with Crippen LogP contribution in [0.15, 0.2) is 24.5 Å². The van der Waals surface area contributed by atoms with E-state index in [2.05, 4.69) is 10.3 Å². The van der Waals surface area contributed by atoms with Crippen molar-refractivity contribution in [2.75, 3.05) is 13.2 Å². The van der Waals surface area contributed by atoms with Gasteiger partial charge in [0, 0.05) is 19.0 Å². The van der Waals surface area contributed by atoms with Crippen LogP contribution in [0.2, 0.25) is 5.02 Å². The first-order valence-electron chi connectivity index (χ1n) is 5.66. The number of aromatic nitrogens is 2. The predicted molar refractivity (Wildman–Crippen MR) is 68.5 cm³/mol. The summed E-state index contributed by atoms with van der Waals surface area (Å²) in [5.41, 5.74) is 1.58. The molecule has 0 aliphatic heterocycles. The van der Waals surface area contributed by atoms with E-state index < -0.39 is 0 Å².